The van der Waals surface area contributed by atoms with Crippen molar-refractivity contribution in [2.45, 2.75) is 38.6 Å². The van der Waals surface area contributed by atoms with Gasteiger partial charge >= 0.3 is 0 Å². The van der Waals surface area contributed by atoms with Crippen molar-refractivity contribution >= 4 is 11.5 Å². The van der Waals surface area contributed by atoms with Crippen LogP contribution >= 0.6 is 0 Å². The lowest BCUT2D eigenvalue weighted by molar-refractivity contribution is 0.539. The lowest BCUT2D eigenvalue weighted by Crippen LogP contribution is -2.16. The third kappa shape index (κ3) is 6.09. The van der Waals surface area contributed by atoms with Crippen molar-refractivity contribution < 1.29 is 0 Å². The Morgan fingerprint density at radius 1 is 1.03 bits per heavy atom. The Morgan fingerprint density at radius 3 is 2.43 bits per heavy atom. The molecule has 0 amide bonds. The van der Waals surface area contributed by atoms with Crippen LogP contribution in [-0.4, -0.2) is 12.9 Å². The normalized spacial score (nSPS) is 16.4. The molecule has 6 N–H and O–H groups in total. The maximum Gasteiger partial charge on any atom is 0.123 e. The maximum absolute atomic E-state index is 8.16. The molecule has 3 aromatic rings. The summed E-state index contributed by atoms with van der Waals surface area (Å²) in [5.74, 6) is 0.953. The van der Waals surface area contributed by atoms with Crippen molar-refractivity contribution in [2.75, 3.05) is 12.4 Å². The van der Waals surface area contributed by atoms with E-state index in [1.807, 2.05) is 25.2 Å². The summed E-state index contributed by atoms with van der Waals surface area (Å²) >= 11 is 0. The van der Waals surface area contributed by atoms with Crippen LogP contribution in [0.3, 0.4) is 0 Å². The predicted molar refractivity (Wildman–Crippen MR) is 150 cm³/mol. The summed E-state index contributed by atoms with van der Waals surface area (Å²) in [5, 5.41) is 11.5. The number of amidine groups is 1. The number of rotatable bonds is 8. The summed E-state index contributed by atoms with van der Waals surface area (Å²) in [6.45, 7) is 8.70. The van der Waals surface area contributed by atoms with E-state index in [2.05, 4.69) is 80.0 Å². The number of hydrogen-bond donors (Lipinski definition) is 4. The minimum atomic E-state index is 0.131. The molecule has 0 radical (unpaired) electrons. The molecule has 0 saturated heterocycles. The zero-order chi connectivity index (χ0) is 25.4. The molecular weight excluding hydrogens is 428 g/mol. The van der Waals surface area contributed by atoms with E-state index >= 15 is 0 Å². The van der Waals surface area contributed by atoms with E-state index in [-0.39, 0.29) is 5.84 Å². The van der Waals surface area contributed by atoms with Crippen molar-refractivity contribution in [2.24, 2.45) is 17.4 Å². The number of allylic oxidation sites excluding steroid dienone is 2. The molecule has 1 aliphatic rings. The average molecular weight is 467 g/mol. The number of nitrogens with two attached hydrogens (primary N) is 2. The van der Waals surface area contributed by atoms with E-state index in [1.54, 1.807) is 0 Å². The molecule has 182 valence electrons. The minimum Gasteiger partial charge on any atom is -0.388 e. The number of nitrogen functional groups attached to an aromatic ring is 1. The zero-order valence-corrected chi connectivity index (χ0v) is 21.0. The smallest absolute Gasteiger partial charge is 0.123 e. The van der Waals surface area contributed by atoms with Crippen LogP contribution in [0.1, 0.15) is 51.3 Å². The van der Waals surface area contributed by atoms with E-state index in [4.69, 9.17) is 16.9 Å². The second-order valence-corrected chi connectivity index (χ2v) is 9.03. The van der Waals surface area contributed by atoms with Gasteiger partial charge in [-0.15, -0.1) is 13.2 Å². The number of nitrogens with one attached hydrogen (secondary N) is 2. The molecule has 35 heavy (non-hydrogen) atoms. The van der Waals surface area contributed by atoms with Crippen LogP contribution < -0.4 is 16.8 Å². The Labute approximate surface area is 210 Å². The molecule has 0 fully saturated rings. The first-order valence-corrected chi connectivity index (χ1v) is 12.2. The van der Waals surface area contributed by atoms with Gasteiger partial charge in [0.15, 0.2) is 0 Å². The summed E-state index contributed by atoms with van der Waals surface area (Å²) < 4.78 is 0. The molecule has 0 aliphatic heterocycles. The molecule has 2 atom stereocenters. The van der Waals surface area contributed by atoms with Crippen LogP contribution in [0.2, 0.25) is 0 Å². The van der Waals surface area contributed by atoms with Crippen molar-refractivity contribution in [3.63, 3.8) is 0 Å². The minimum absolute atomic E-state index is 0.131. The molecule has 4 rings (SSSR count). The maximum atomic E-state index is 8.16. The van der Waals surface area contributed by atoms with Crippen LogP contribution in [0.5, 0.6) is 0 Å². The topological polar surface area (TPSA) is 87.9 Å². The lowest BCUT2D eigenvalue weighted by Gasteiger charge is -2.24. The molecule has 2 unspecified atom stereocenters. The van der Waals surface area contributed by atoms with Gasteiger partial charge in [0.05, 0.1) is 0 Å². The van der Waals surface area contributed by atoms with Crippen molar-refractivity contribution in [1.82, 2.24) is 0 Å². The molecule has 0 bridgehead atoms. The van der Waals surface area contributed by atoms with Crippen molar-refractivity contribution in [3.8, 4) is 0 Å². The number of benzene rings is 3. The fourth-order valence-electron chi connectivity index (χ4n) is 5.04. The van der Waals surface area contributed by atoms with E-state index in [0.717, 1.165) is 30.4 Å². The highest BCUT2D eigenvalue weighted by molar-refractivity contribution is 5.96. The lowest BCUT2D eigenvalue weighted by atomic mass is 9.82. The van der Waals surface area contributed by atoms with Gasteiger partial charge in [-0.3, -0.25) is 5.41 Å². The summed E-state index contributed by atoms with van der Waals surface area (Å²) in [7, 11) is 1.98. The van der Waals surface area contributed by atoms with Gasteiger partial charge in [0.1, 0.15) is 5.84 Å². The first-order valence-electron chi connectivity index (χ1n) is 12.2. The van der Waals surface area contributed by atoms with E-state index in [0.29, 0.717) is 18.4 Å². The van der Waals surface area contributed by atoms with Gasteiger partial charge in [-0.2, -0.15) is 0 Å². The molecule has 0 saturated carbocycles. The predicted octanol–water partition coefficient (Wildman–Crippen LogP) is 6.07. The van der Waals surface area contributed by atoms with Gasteiger partial charge < -0.3 is 16.8 Å². The Hall–Kier alpha value is -3.63. The SMILES string of the molecule is C=C.CNc1cc(CN)c(C)cc1C1CC=CC1Cc1ccc(Cc2ccccc2)c(C(=N)N)c1. The molecule has 0 heterocycles. The molecule has 4 heteroatoms. The highest BCUT2D eigenvalue weighted by Crippen LogP contribution is 2.41. The number of hydrogen-bond acceptors (Lipinski definition) is 3. The highest BCUT2D eigenvalue weighted by Gasteiger charge is 2.27. The Bertz CT molecular complexity index is 1180. The Balaban J connectivity index is 0.00000167. The quantitative estimate of drug-likeness (QED) is 0.184. The second kappa shape index (κ2) is 12.2. The van der Waals surface area contributed by atoms with Crippen LogP contribution in [0.15, 0.2) is 86.0 Å². The van der Waals surface area contributed by atoms with Crippen molar-refractivity contribution in [3.05, 3.63) is 125 Å². The zero-order valence-electron chi connectivity index (χ0n) is 21.0. The van der Waals surface area contributed by atoms with Gasteiger partial charge in [-0.05, 0) is 83.5 Å². The molecule has 3 aromatic carbocycles. The molecule has 0 aromatic heterocycles. The summed E-state index contributed by atoms with van der Waals surface area (Å²) in [6.07, 6.45) is 7.39. The second-order valence-electron chi connectivity index (χ2n) is 9.03. The average Bonchev–Trinajstić information content (AvgIpc) is 3.34. The van der Waals surface area contributed by atoms with Gasteiger partial charge in [0, 0.05) is 24.8 Å². The first kappa shape index (κ1) is 26.0. The largest absolute Gasteiger partial charge is 0.388 e. The van der Waals surface area contributed by atoms with Gasteiger partial charge in [-0.25, -0.2) is 0 Å². The van der Waals surface area contributed by atoms with Gasteiger partial charge in [-0.1, -0.05) is 60.7 Å². The molecule has 0 spiro atoms. The summed E-state index contributed by atoms with van der Waals surface area (Å²) in [5.41, 5.74) is 21.3. The number of aryl methyl sites for hydroxylation is 1. The summed E-state index contributed by atoms with van der Waals surface area (Å²) in [6, 6.07) is 21.3. The molecule has 1 aliphatic carbocycles. The molecule has 4 nitrogen and oxygen atoms in total. The standard InChI is InChI=1S/C29H34N4.C2H4/c1-19-13-27(28(33-2)17-24(19)18-30)25-10-6-9-22(25)15-21-11-12-23(26(16-21)29(31)32)14-20-7-4-3-5-8-20;1-2/h3-9,11-13,16-17,22,25,33H,10,14-15,18,30H2,1-2H3,(H3,31,32);1-2H2. The fourth-order valence-corrected chi connectivity index (χ4v) is 5.04. The Morgan fingerprint density at radius 2 is 1.77 bits per heavy atom. The van der Waals surface area contributed by atoms with Gasteiger partial charge in [0.25, 0.3) is 0 Å². The molecular formula is C31H38N4. The van der Waals surface area contributed by atoms with Crippen LogP contribution in [0.25, 0.3) is 0 Å². The first-order chi connectivity index (χ1) is 17.0. The van der Waals surface area contributed by atoms with E-state index < -0.39 is 0 Å². The third-order valence-electron chi connectivity index (χ3n) is 6.86. The monoisotopic (exact) mass is 466 g/mol. The van der Waals surface area contributed by atoms with Gasteiger partial charge in [0.2, 0.25) is 0 Å². The van der Waals surface area contributed by atoms with Crippen LogP contribution in [-0.2, 0) is 19.4 Å². The van der Waals surface area contributed by atoms with E-state index in [9.17, 15) is 0 Å². The van der Waals surface area contributed by atoms with Crippen LogP contribution in [0.4, 0.5) is 5.69 Å². The summed E-state index contributed by atoms with van der Waals surface area (Å²) in [4.78, 5) is 0. The van der Waals surface area contributed by atoms with Crippen molar-refractivity contribution in [1.29, 1.82) is 5.41 Å². The third-order valence-corrected chi connectivity index (χ3v) is 6.86. The fraction of sp³-hybridized carbons (Fsp3) is 0.258. The van der Waals surface area contributed by atoms with E-state index in [1.165, 1.54) is 33.5 Å². The Kier molecular flexibility index (Phi) is 9.04. The highest BCUT2D eigenvalue weighted by atomic mass is 14.8. The number of anilines is 1. The van der Waals surface area contributed by atoms with Crippen LogP contribution in [0, 0.1) is 18.3 Å².